The van der Waals surface area contributed by atoms with Crippen LogP contribution in [0.5, 0.6) is 0 Å². The Kier molecular flexibility index (Phi) is 4.51. The van der Waals surface area contributed by atoms with Gasteiger partial charge in [-0.1, -0.05) is 13.0 Å². The van der Waals surface area contributed by atoms with Crippen LogP contribution >= 0.6 is 11.6 Å². The minimum atomic E-state index is 0.629. The number of likely N-dealkylation sites (N-methyl/N-ethyl adjacent to an activating group) is 1. The molecular formula is C17H24ClN3. The van der Waals surface area contributed by atoms with Gasteiger partial charge < -0.3 is 4.57 Å². The van der Waals surface area contributed by atoms with Gasteiger partial charge in [-0.2, -0.15) is 0 Å². The van der Waals surface area contributed by atoms with Crippen molar-refractivity contribution in [3.8, 4) is 0 Å². The predicted molar refractivity (Wildman–Crippen MR) is 89.2 cm³/mol. The molecule has 2 heterocycles. The van der Waals surface area contributed by atoms with Crippen molar-refractivity contribution < 1.29 is 0 Å². The van der Waals surface area contributed by atoms with Crippen molar-refractivity contribution in [1.82, 2.24) is 14.5 Å². The summed E-state index contributed by atoms with van der Waals surface area (Å²) in [6.07, 6.45) is 3.45. The number of aryl methyl sites for hydroxylation is 2. The van der Waals surface area contributed by atoms with Gasteiger partial charge in [-0.25, -0.2) is 4.98 Å². The Morgan fingerprint density at radius 3 is 3.00 bits per heavy atom. The van der Waals surface area contributed by atoms with Crippen molar-refractivity contribution in [2.75, 3.05) is 19.0 Å². The fraction of sp³-hybridized carbons (Fsp3) is 0.588. The molecule has 1 fully saturated rings. The number of imidazole rings is 1. The van der Waals surface area contributed by atoms with Gasteiger partial charge in [-0.15, -0.1) is 11.6 Å². The zero-order valence-corrected chi connectivity index (χ0v) is 13.7. The first-order chi connectivity index (χ1) is 10.2. The molecule has 1 saturated heterocycles. The van der Waals surface area contributed by atoms with E-state index < -0.39 is 0 Å². The minimum absolute atomic E-state index is 0.629. The van der Waals surface area contributed by atoms with E-state index in [1.54, 1.807) is 0 Å². The fourth-order valence-corrected chi connectivity index (χ4v) is 3.67. The zero-order chi connectivity index (χ0) is 14.8. The van der Waals surface area contributed by atoms with Crippen LogP contribution in [0.3, 0.4) is 0 Å². The summed E-state index contributed by atoms with van der Waals surface area (Å²) in [5.41, 5.74) is 3.63. The molecule has 21 heavy (non-hydrogen) atoms. The monoisotopic (exact) mass is 305 g/mol. The smallest absolute Gasteiger partial charge is 0.111 e. The Morgan fingerprint density at radius 2 is 2.24 bits per heavy atom. The van der Waals surface area contributed by atoms with Crippen LogP contribution in [0.1, 0.15) is 31.2 Å². The van der Waals surface area contributed by atoms with Crippen LogP contribution in [0, 0.1) is 6.92 Å². The first kappa shape index (κ1) is 14.9. The second kappa shape index (κ2) is 6.37. The molecule has 0 bridgehead atoms. The summed E-state index contributed by atoms with van der Waals surface area (Å²) in [7, 11) is 0. The number of nitrogens with zero attached hydrogens (tertiary/aromatic N) is 3. The number of hydrogen-bond donors (Lipinski definition) is 0. The summed E-state index contributed by atoms with van der Waals surface area (Å²) in [6.45, 7) is 7.79. The maximum Gasteiger partial charge on any atom is 0.111 e. The summed E-state index contributed by atoms with van der Waals surface area (Å²) in [6, 6.07) is 7.20. The van der Waals surface area contributed by atoms with Gasteiger partial charge in [0.15, 0.2) is 0 Å². The van der Waals surface area contributed by atoms with Gasteiger partial charge in [0.2, 0.25) is 0 Å². The number of rotatable bonds is 5. The molecule has 1 aliphatic heterocycles. The molecule has 0 aliphatic carbocycles. The topological polar surface area (TPSA) is 21.1 Å². The van der Waals surface area contributed by atoms with E-state index in [1.165, 1.54) is 30.5 Å². The molecule has 0 N–H and O–H groups in total. The Morgan fingerprint density at radius 1 is 1.38 bits per heavy atom. The molecule has 0 saturated carbocycles. The molecule has 1 aromatic carbocycles. The van der Waals surface area contributed by atoms with Crippen LogP contribution in [-0.4, -0.2) is 39.5 Å². The van der Waals surface area contributed by atoms with Crippen LogP contribution in [0.4, 0.5) is 0 Å². The normalized spacial score (nSPS) is 19.7. The average molecular weight is 306 g/mol. The molecule has 1 unspecified atom stereocenters. The van der Waals surface area contributed by atoms with Gasteiger partial charge in [-0.3, -0.25) is 4.90 Å². The molecule has 114 valence electrons. The van der Waals surface area contributed by atoms with Gasteiger partial charge in [0.25, 0.3) is 0 Å². The van der Waals surface area contributed by atoms with E-state index in [9.17, 15) is 0 Å². The van der Waals surface area contributed by atoms with Crippen LogP contribution in [0.25, 0.3) is 11.0 Å². The summed E-state index contributed by atoms with van der Waals surface area (Å²) in [4.78, 5) is 7.40. The van der Waals surface area contributed by atoms with E-state index in [0.29, 0.717) is 11.9 Å². The predicted octanol–water partition coefficient (Wildman–Crippen LogP) is 3.61. The average Bonchev–Trinajstić information content (AvgIpc) is 3.04. The summed E-state index contributed by atoms with van der Waals surface area (Å²) in [5.74, 6) is 1.76. The Bertz CT molecular complexity index is 620. The maximum absolute atomic E-state index is 5.98. The van der Waals surface area contributed by atoms with Crippen LogP contribution in [0.2, 0.25) is 0 Å². The van der Waals surface area contributed by atoms with Gasteiger partial charge in [0.05, 0.1) is 11.0 Å². The van der Waals surface area contributed by atoms with E-state index >= 15 is 0 Å². The molecule has 0 radical (unpaired) electrons. The molecule has 1 atom stereocenters. The molecular weight excluding hydrogens is 282 g/mol. The van der Waals surface area contributed by atoms with Crippen molar-refractivity contribution in [2.24, 2.45) is 0 Å². The van der Waals surface area contributed by atoms with Crippen molar-refractivity contribution in [2.45, 2.75) is 45.7 Å². The van der Waals surface area contributed by atoms with Crippen LogP contribution in [0.15, 0.2) is 18.2 Å². The molecule has 3 rings (SSSR count). The second-order valence-electron chi connectivity index (χ2n) is 5.99. The van der Waals surface area contributed by atoms with Gasteiger partial charge in [0, 0.05) is 24.9 Å². The Hall–Kier alpha value is -1.06. The lowest BCUT2D eigenvalue weighted by Gasteiger charge is -2.24. The molecule has 2 aromatic rings. The number of benzene rings is 1. The van der Waals surface area contributed by atoms with Crippen LogP contribution < -0.4 is 0 Å². The quantitative estimate of drug-likeness (QED) is 0.787. The SMILES string of the molecule is CCN1CCCC1Cn1c(CCCl)nc2cc(C)ccc21. The number of aromatic nitrogens is 2. The lowest BCUT2D eigenvalue weighted by molar-refractivity contribution is 0.244. The summed E-state index contributed by atoms with van der Waals surface area (Å²) >= 11 is 5.98. The number of alkyl halides is 1. The minimum Gasteiger partial charge on any atom is -0.326 e. The molecule has 0 spiro atoms. The van der Waals surface area contributed by atoms with E-state index in [4.69, 9.17) is 16.6 Å². The van der Waals surface area contributed by atoms with E-state index in [2.05, 4.69) is 41.5 Å². The zero-order valence-electron chi connectivity index (χ0n) is 13.0. The highest BCUT2D eigenvalue weighted by atomic mass is 35.5. The van der Waals surface area contributed by atoms with Crippen LogP contribution in [-0.2, 0) is 13.0 Å². The number of likely N-dealkylation sites (tertiary alicyclic amines) is 1. The van der Waals surface area contributed by atoms with Crippen molar-refractivity contribution in [1.29, 1.82) is 0 Å². The maximum atomic E-state index is 5.98. The summed E-state index contributed by atoms with van der Waals surface area (Å²) < 4.78 is 2.40. The third-order valence-electron chi connectivity index (χ3n) is 4.60. The highest BCUT2D eigenvalue weighted by molar-refractivity contribution is 6.17. The molecule has 4 heteroatoms. The standard InChI is InChI=1S/C17H24ClN3/c1-3-20-10-4-5-14(20)12-21-16-7-6-13(2)11-15(16)19-17(21)8-9-18/h6-7,11,14H,3-5,8-10,12H2,1-2H3. The van der Waals surface area contributed by atoms with E-state index in [1.807, 2.05) is 0 Å². The van der Waals surface area contributed by atoms with Crippen molar-refractivity contribution in [3.63, 3.8) is 0 Å². The van der Waals surface area contributed by atoms with Crippen molar-refractivity contribution >= 4 is 22.6 Å². The fourth-order valence-electron chi connectivity index (χ4n) is 3.50. The number of fused-ring (bicyclic) bond motifs is 1. The van der Waals surface area contributed by atoms with Crippen molar-refractivity contribution in [3.05, 3.63) is 29.6 Å². The molecule has 3 nitrogen and oxygen atoms in total. The summed E-state index contributed by atoms with van der Waals surface area (Å²) in [5, 5.41) is 0. The van der Waals surface area contributed by atoms with Gasteiger partial charge in [-0.05, 0) is 50.6 Å². The molecule has 1 aliphatic rings. The first-order valence-corrected chi connectivity index (χ1v) is 8.52. The Balaban J connectivity index is 1.96. The number of halogens is 1. The van der Waals surface area contributed by atoms with E-state index in [0.717, 1.165) is 30.9 Å². The highest BCUT2D eigenvalue weighted by Crippen LogP contribution is 2.23. The lowest BCUT2D eigenvalue weighted by Crippen LogP contribution is -2.33. The van der Waals surface area contributed by atoms with Gasteiger partial charge >= 0.3 is 0 Å². The lowest BCUT2D eigenvalue weighted by atomic mass is 10.2. The molecule has 1 aromatic heterocycles. The third kappa shape index (κ3) is 2.95. The van der Waals surface area contributed by atoms with Gasteiger partial charge in [0.1, 0.15) is 5.82 Å². The first-order valence-electron chi connectivity index (χ1n) is 7.98. The largest absolute Gasteiger partial charge is 0.326 e. The second-order valence-corrected chi connectivity index (χ2v) is 6.37. The van der Waals surface area contributed by atoms with E-state index in [-0.39, 0.29) is 0 Å². The Labute approximate surface area is 131 Å². The third-order valence-corrected chi connectivity index (χ3v) is 4.79. The number of hydrogen-bond acceptors (Lipinski definition) is 2. The highest BCUT2D eigenvalue weighted by Gasteiger charge is 2.24. The molecule has 0 amide bonds.